The van der Waals surface area contributed by atoms with Crippen LogP contribution in [0.3, 0.4) is 0 Å². The van der Waals surface area contributed by atoms with Crippen LogP contribution in [0.15, 0.2) is 0 Å². The molecule has 1 saturated carbocycles. The molecule has 3 amide bonds. The van der Waals surface area contributed by atoms with Crippen molar-refractivity contribution in [2.45, 2.75) is 83.2 Å². The van der Waals surface area contributed by atoms with Crippen molar-refractivity contribution in [2.24, 2.45) is 11.8 Å². The minimum absolute atomic E-state index is 0.0351. The SMILES string of the molecule is CC1CCN(C(=O)C2CCCN2C(=O)C2CC(=O)N(C3CCCCC3)C2)CC1. The highest BCUT2D eigenvalue weighted by molar-refractivity contribution is 5.93. The Kier molecular flexibility index (Phi) is 5.93. The molecule has 2 atom stereocenters. The van der Waals surface area contributed by atoms with Gasteiger partial charge in [0.2, 0.25) is 17.7 Å². The Labute approximate surface area is 168 Å². The molecular weight excluding hydrogens is 354 g/mol. The van der Waals surface area contributed by atoms with Crippen LogP contribution in [-0.2, 0) is 14.4 Å². The van der Waals surface area contributed by atoms with Crippen LogP contribution in [0.4, 0.5) is 0 Å². The largest absolute Gasteiger partial charge is 0.341 e. The van der Waals surface area contributed by atoms with Crippen LogP contribution in [0.2, 0.25) is 0 Å². The molecule has 3 saturated heterocycles. The fraction of sp³-hybridized carbons (Fsp3) is 0.864. The van der Waals surface area contributed by atoms with Gasteiger partial charge < -0.3 is 14.7 Å². The van der Waals surface area contributed by atoms with Crippen LogP contribution < -0.4 is 0 Å². The monoisotopic (exact) mass is 389 g/mol. The number of likely N-dealkylation sites (tertiary alicyclic amines) is 3. The van der Waals surface area contributed by atoms with Gasteiger partial charge in [0.25, 0.3) is 0 Å². The molecule has 156 valence electrons. The third kappa shape index (κ3) is 3.92. The van der Waals surface area contributed by atoms with Crippen molar-refractivity contribution in [3.8, 4) is 0 Å². The first-order valence-corrected chi connectivity index (χ1v) is 11.4. The summed E-state index contributed by atoms with van der Waals surface area (Å²) in [5.74, 6) is 0.723. The minimum atomic E-state index is -0.306. The third-order valence-electron chi connectivity index (χ3n) is 7.44. The molecule has 6 nitrogen and oxygen atoms in total. The van der Waals surface area contributed by atoms with Crippen molar-refractivity contribution in [3.63, 3.8) is 0 Å². The van der Waals surface area contributed by atoms with E-state index >= 15 is 0 Å². The summed E-state index contributed by atoms with van der Waals surface area (Å²) in [7, 11) is 0. The van der Waals surface area contributed by atoms with Crippen LogP contribution >= 0.6 is 0 Å². The summed E-state index contributed by atoms with van der Waals surface area (Å²) < 4.78 is 0. The smallest absolute Gasteiger partial charge is 0.245 e. The molecule has 6 heteroatoms. The topological polar surface area (TPSA) is 60.9 Å². The number of hydrogen-bond acceptors (Lipinski definition) is 3. The Bertz CT molecular complexity index is 608. The Morgan fingerprint density at radius 2 is 1.57 bits per heavy atom. The van der Waals surface area contributed by atoms with Crippen molar-refractivity contribution in [2.75, 3.05) is 26.2 Å². The number of hydrogen-bond donors (Lipinski definition) is 0. The lowest BCUT2D eigenvalue weighted by molar-refractivity contribution is -0.146. The second-order valence-corrected chi connectivity index (χ2v) is 9.44. The Hall–Kier alpha value is -1.59. The fourth-order valence-corrected chi connectivity index (χ4v) is 5.60. The van der Waals surface area contributed by atoms with E-state index in [1.54, 1.807) is 0 Å². The molecule has 4 aliphatic rings. The van der Waals surface area contributed by atoms with Gasteiger partial charge >= 0.3 is 0 Å². The first kappa shape index (κ1) is 19.7. The van der Waals surface area contributed by atoms with Gasteiger partial charge in [0, 0.05) is 38.6 Å². The highest BCUT2D eigenvalue weighted by atomic mass is 16.2. The van der Waals surface area contributed by atoms with E-state index in [1.807, 2.05) is 14.7 Å². The lowest BCUT2D eigenvalue weighted by Crippen LogP contribution is -2.51. The van der Waals surface area contributed by atoms with Crippen molar-refractivity contribution in [1.29, 1.82) is 0 Å². The summed E-state index contributed by atoms with van der Waals surface area (Å²) in [6.45, 7) is 5.09. The van der Waals surface area contributed by atoms with E-state index in [-0.39, 0.29) is 29.7 Å². The molecule has 3 heterocycles. The van der Waals surface area contributed by atoms with E-state index in [2.05, 4.69) is 6.92 Å². The zero-order chi connectivity index (χ0) is 19.7. The van der Waals surface area contributed by atoms with Crippen molar-refractivity contribution in [1.82, 2.24) is 14.7 Å². The predicted octanol–water partition coefficient (Wildman–Crippen LogP) is 2.42. The van der Waals surface area contributed by atoms with Gasteiger partial charge in [-0.15, -0.1) is 0 Å². The van der Waals surface area contributed by atoms with E-state index in [0.717, 1.165) is 51.6 Å². The number of rotatable bonds is 3. The molecule has 0 radical (unpaired) electrons. The second kappa shape index (κ2) is 8.42. The van der Waals surface area contributed by atoms with Crippen LogP contribution in [-0.4, -0.2) is 70.7 Å². The molecule has 0 N–H and O–H groups in total. The molecule has 4 rings (SSSR count). The Morgan fingerprint density at radius 3 is 2.29 bits per heavy atom. The number of carbonyl (C=O) groups is 3. The molecule has 0 aromatic rings. The fourth-order valence-electron chi connectivity index (χ4n) is 5.60. The molecule has 28 heavy (non-hydrogen) atoms. The predicted molar refractivity (Wildman–Crippen MR) is 106 cm³/mol. The Balaban J connectivity index is 1.38. The highest BCUT2D eigenvalue weighted by Crippen LogP contribution is 2.31. The molecule has 4 fully saturated rings. The standard InChI is InChI=1S/C22H35N3O3/c1-16-9-12-23(13-10-16)22(28)19-8-5-11-24(19)21(27)17-14-20(26)25(15-17)18-6-3-2-4-7-18/h16-19H,2-15H2,1H3. The van der Waals surface area contributed by atoms with Gasteiger partial charge in [0.05, 0.1) is 5.92 Å². The molecule has 2 unspecified atom stereocenters. The van der Waals surface area contributed by atoms with Gasteiger partial charge in [-0.3, -0.25) is 14.4 Å². The second-order valence-electron chi connectivity index (χ2n) is 9.44. The van der Waals surface area contributed by atoms with Crippen molar-refractivity contribution >= 4 is 17.7 Å². The highest BCUT2D eigenvalue weighted by Gasteiger charge is 2.44. The first-order chi connectivity index (χ1) is 13.5. The zero-order valence-electron chi connectivity index (χ0n) is 17.3. The lowest BCUT2D eigenvalue weighted by Gasteiger charge is -2.35. The van der Waals surface area contributed by atoms with Gasteiger partial charge in [-0.1, -0.05) is 26.2 Å². The van der Waals surface area contributed by atoms with Crippen LogP contribution in [0, 0.1) is 11.8 Å². The number of piperidine rings is 1. The molecule has 1 aliphatic carbocycles. The average molecular weight is 390 g/mol. The molecule has 0 aromatic carbocycles. The van der Waals surface area contributed by atoms with Crippen molar-refractivity contribution in [3.05, 3.63) is 0 Å². The van der Waals surface area contributed by atoms with Crippen LogP contribution in [0.25, 0.3) is 0 Å². The maximum Gasteiger partial charge on any atom is 0.245 e. The van der Waals surface area contributed by atoms with E-state index in [9.17, 15) is 14.4 Å². The summed E-state index contributed by atoms with van der Waals surface area (Å²) in [4.78, 5) is 44.6. The van der Waals surface area contributed by atoms with E-state index in [1.165, 1.54) is 19.3 Å². The lowest BCUT2D eigenvalue weighted by atomic mass is 9.94. The molecule has 0 spiro atoms. The minimum Gasteiger partial charge on any atom is -0.341 e. The summed E-state index contributed by atoms with van der Waals surface area (Å²) in [5, 5.41) is 0. The maximum absolute atomic E-state index is 13.2. The van der Waals surface area contributed by atoms with Gasteiger partial charge in [0.15, 0.2) is 0 Å². The van der Waals surface area contributed by atoms with Gasteiger partial charge in [-0.2, -0.15) is 0 Å². The molecule has 3 aliphatic heterocycles. The quantitative estimate of drug-likeness (QED) is 0.745. The number of nitrogens with zero attached hydrogens (tertiary/aromatic N) is 3. The van der Waals surface area contributed by atoms with Gasteiger partial charge in [0.1, 0.15) is 6.04 Å². The molecular formula is C22H35N3O3. The third-order valence-corrected chi connectivity index (χ3v) is 7.44. The maximum atomic E-state index is 13.2. The first-order valence-electron chi connectivity index (χ1n) is 11.4. The summed E-state index contributed by atoms with van der Waals surface area (Å²) in [6.07, 6.45) is 9.87. The average Bonchev–Trinajstić information content (AvgIpc) is 3.35. The van der Waals surface area contributed by atoms with Gasteiger partial charge in [-0.25, -0.2) is 0 Å². The van der Waals surface area contributed by atoms with E-state index < -0.39 is 0 Å². The van der Waals surface area contributed by atoms with E-state index in [4.69, 9.17) is 0 Å². The molecule has 0 aromatic heterocycles. The normalized spacial score (nSPS) is 30.3. The molecule has 0 bridgehead atoms. The summed E-state index contributed by atoms with van der Waals surface area (Å²) in [6, 6.07) is 0.0186. The Morgan fingerprint density at radius 1 is 0.857 bits per heavy atom. The van der Waals surface area contributed by atoms with Crippen LogP contribution in [0.1, 0.15) is 71.1 Å². The van der Waals surface area contributed by atoms with E-state index in [0.29, 0.717) is 31.5 Å². The van der Waals surface area contributed by atoms with Gasteiger partial charge in [-0.05, 0) is 44.4 Å². The zero-order valence-corrected chi connectivity index (χ0v) is 17.3. The summed E-state index contributed by atoms with van der Waals surface area (Å²) in [5.41, 5.74) is 0. The number of amides is 3. The number of carbonyl (C=O) groups excluding carboxylic acids is 3. The summed E-state index contributed by atoms with van der Waals surface area (Å²) >= 11 is 0. The van der Waals surface area contributed by atoms with Crippen LogP contribution in [0.5, 0.6) is 0 Å². The van der Waals surface area contributed by atoms with Crippen molar-refractivity contribution < 1.29 is 14.4 Å².